The molecule has 0 aromatic carbocycles. The summed E-state index contributed by atoms with van der Waals surface area (Å²) in [5, 5.41) is 7.75. The monoisotopic (exact) mass is 265 g/mol. The summed E-state index contributed by atoms with van der Waals surface area (Å²) >= 11 is 0. The van der Waals surface area contributed by atoms with E-state index < -0.39 is 0 Å². The maximum Gasteiger partial charge on any atom is 0.271 e. The molecule has 1 aromatic heterocycles. The predicted octanol–water partition coefficient (Wildman–Crippen LogP) is 2.45. The number of hydrogen-bond donors (Lipinski definition) is 1. The van der Waals surface area contributed by atoms with Crippen molar-refractivity contribution in [2.24, 2.45) is 0 Å². The molecule has 0 unspecified atom stereocenters. The van der Waals surface area contributed by atoms with E-state index in [-0.39, 0.29) is 11.0 Å². The molecule has 108 valence electrons. The summed E-state index contributed by atoms with van der Waals surface area (Å²) in [7, 11) is 0. The highest BCUT2D eigenvalue weighted by Gasteiger charge is 2.19. The molecule has 4 heteroatoms. The van der Waals surface area contributed by atoms with Gasteiger partial charge in [-0.3, -0.25) is 4.79 Å². The molecule has 1 N–H and O–H groups in total. The van der Waals surface area contributed by atoms with Crippen LogP contribution in [0.5, 0.6) is 0 Å². The Morgan fingerprint density at radius 3 is 2.53 bits per heavy atom. The molecule has 0 aliphatic heterocycles. The molecular formula is C15H27N3O. The van der Waals surface area contributed by atoms with Crippen molar-refractivity contribution in [3.8, 4) is 0 Å². The van der Waals surface area contributed by atoms with Crippen molar-refractivity contribution in [3.05, 3.63) is 27.7 Å². The smallest absolute Gasteiger partial charge is 0.271 e. The molecule has 0 saturated carbocycles. The topological polar surface area (TPSA) is 46.9 Å². The minimum absolute atomic E-state index is 0.0391. The van der Waals surface area contributed by atoms with E-state index in [0.29, 0.717) is 13.1 Å². The lowest BCUT2D eigenvalue weighted by atomic mass is 9.91. The maximum absolute atomic E-state index is 12.3. The number of nitrogens with one attached hydrogen (secondary N) is 1. The van der Waals surface area contributed by atoms with Crippen molar-refractivity contribution in [1.82, 2.24) is 15.1 Å². The quantitative estimate of drug-likeness (QED) is 0.859. The number of aryl methyl sites for hydroxylation is 1. The van der Waals surface area contributed by atoms with Crippen LogP contribution >= 0.6 is 0 Å². The van der Waals surface area contributed by atoms with Gasteiger partial charge in [0.25, 0.3) is 5.56 Å². The van der Waals surface area contributed by atoms with E-state index in [1.165, 1.54) is 0 Å². The van der Waals surface area contributed by atoms with Crippen LogP contribution in [0.15, 0.2) is 10.9 Å². The van der Waals surface area contributed by atoms with Gasteiger partial charge in [0.15, 0.2) is 0 Å². The van der Waals surface area contributed by atoms with Gasteiger partial charge in [-0.2, -0.15) is 5.10 Å². The van der Waals surface area contributed by atoms with Crippen molar-refractivity contribution in [3.63, 3.8) is 0 Å². The Bertz CT molecular complexity index is 425. The number of rotatable bonds is 6. The highest BCUT2D eigenvalue weighted by atomic mass is 16.1. The summed E-state index contributed by atoms with van der Waals surface area (Å²) in [6.45, 7) is 12.7. The van der Waals surface area contributed by atoms with Crippen LogP contribution in [0.25, 0.3) is 0 Å². The molecule has 0 saturated heterocycles. The van der Waals surface area contributed by atoms with E-state index in [1.807, 2.05) is 13.0 Å². The molecule has 0 atom stereocenters. The molecule has 1 heterocycles. The van der Waals surface area contributed by atoms with Crippen molar-refractivity contribution in [2.75, 3.05) is 6.54 Å². The fourth-order valence-electron chi connectivity index (χ4n) is 1.81. The average molecular weight is 265 g/mol. The zero-order chi connectivity index (χ0) is 14.5. The number of nitrogens with zero attached hydrogens (tertiary/aromatic N) is 2. The van der Waals surface area contributed by atoms with Gasteiger partial charge in [-0.15, -0.1) is 0 Å². The van der Waals surface area contributed by atoms with Gasteiger partial charge >= 0.3 is 0 Å². The van der Waals surface area contributed by atoms with Crippen molar-refractivity contribution >= 4 is 0 Å². The van der Waals surface area contributed by atoms with Crippen LogP contribution in [0.3, 0.4) is 0 Å². The zero-order valence-corrected chi connectivity index (χ0v) is 12.9. The van der Waals surface area contributed by atoms with Crippen molar-refractivity contribution < 1.29 is 0 Å². The maximum atomic E-state index is 12.3. The summed E-state index contributed by atoms with van der Waals surface area (Å²) in [5.41, 5.74) is 1.80. The first-order chi connectivity index (χ1) is 8.90. The van der Waals surface area contributed by atoms with Gasteiger partial charge in [0.1, 0.15) is 0 Å². The van der Waals surface area contributed by atoms with Gasteiger partial charge in [0.2, 0.25) is 0 Å². The number of hydrogen-bond acceptors (Lipinski definition) is 3. The van der Waals surface area contributed by atoms with Crippen LogP contribution in [0.2, 0.25) is 0 Å². The lowest BCUT2D eigenvalue weighted by Gasteiger charge is -2.20. The second kappa shape index (κ2) is 6.85. The molecule has 1 rings (SSSR count). The SMILES string of the molecule is CCCCn1nc(C(C)(C)C)cc(CNCC)c1=O. The first-order valence-electron chi connectivity index (χ1n) is 7.22. The first-order valence-corrected chi connectivity index (χ1v) is 7.22. The van der Waals surface area contributed by atoms with Gasteiger partial charge in [0.05, 0.1) is 5.69 Å². The molecule has 19 heavy (non-hydrogen) atoms. The first kappa shape index (κ1) is 15.9. The van der Waals surface area contributed by atoms with Gasteiger partial charge < -0.3 is 5.32 Å². The van der Waals surface area contributed by atoms with E-state index in [2.05, 4.69) is 38.1 Å². The Labute approximate surface area is 116 Å². The van der Waals surface area contributed by atoms with Gasteiger partial charge in [-0.05, 0) is 19.0 Å². The number of aromatic nitrogens is 2. The van der Waals surface area contributed by atoms with E-state index in [1.54, 1.807) is 4.68 Å². The Balaban J connectivity index is 3.18. The van der Waals surface area contributed by atoms with Crippen LogP contribution in [-0.2, 0) is 18.5 Å². The highest BCUT2D eigenvalue weighted by molar-refractivity contribution is 5.19. The molecule has 0 fully saturated rings. The lowest BCUT2D eigenvalue weighted by molar-refractivity contribution is 0.480. The minimum Gasteiger partial charge on any atom is -0.313 e. The zero-order valence-electron chi connectivity index (χ0n) is 12.9. The van der Waals surface area contributed by atoms with Gasteiger partial charge in [0, 0.05) is 24.1 Å². The normalized spacial score (nSPS) is 11.8. The van der Waals surface area contributed by atoms with Gasteiger partial charge in [-0.1, -0.05) is 41.0 Å². The largest absolute Gasteiger partial charge is 0.313 e. The molecule has 0 aliphatic rings. The fraction of sp³-hybridized carbons (Fsp3) is 0.733. The van der Waals surface area contributed by atoms with Crippen molar-refractivity contribution in [2.45, 2.75) is 66.0 Å². The third-order valence-electron chi connectivity index (χ3n) is 3.11. The Kier molecular flexibility index (Phi) is 5.73. The van der Waals surface area contributed by atoms with Crippen LogP contribution in [0.1, 0.15) is 58.7 Å². The van der Waals surface area contributed by atoms with Crippen LogP contribution in [0.4, 0.5) is 0 Å². The Morgan fingerprint density at radius 2 is 2.00 bits per heavy atom. The molecule has 4 nitrogen and oxygen atoms in total. The predicted molar refractivity (Wildman–Crippen MR) is 79.5 cm³/mol. The highest BCUT2D eigenvalue weighted by Crippen LogP contribution is 2.19. The molecule has 1 aromatic rings. The molecule has 0 aliphatic carbocycles. The summed E-state index contributed by atoms with van der Waals surface area (Å²) < 4.78 is 1.64. The van der Waals surface area contributed by atoms with E-state index in [0.717, 1.165) is 30.6 Å². The Hall–Kier alpha value is -1.16. The third kappa shape index (κ3) is 4.46. The lowest BCUT2D eigenvalue weighted by Crippen LogP contribution is -2.32. The van der Waals surface area contributed by atoms with Crippen molar-refractivity contribution in [1.29, 1.82) is 0 Å². The second-order valence-electron chi connectivity index (χ2n) is 5.97. The van der Waals surface area contributed by atoms with Gasteiger partial charge in [-0.25, -0.2) is 4.68 Å². The summed E-state index contributed by atoms with van der Waals surface area (Å²) in [4.78, 5) is 12.3. The fourth-order valence-corrected chi connectivity index (χ4v) is 1.81. The average Bonchev–Trinajstić information content (AvgIpc) is 2.34. The standard InChI is InChI=1S/C15H27N3O/c1-6-8-9-18-14(19)12(11-16-7-2)10-13(17-18)15(3,4)5/h10,16H,6-9,11H2,1-5H3. The molecule has 0 bridgehead atoms. The van der Waals surface area contributed by atoms with Crippen LogP contribution in [0, 0.1) is 0 Å². The number of unbranched alkanes of at least 4 members (excludes halogenated alkanes) is 1. The molecule has 0 radical (unpaired) electrons. The molecular weight excluding hydrogens is 238 g/mol. The van der Waals surface area contributed by atoms with Crippen LogP contribution < -0.4 is 10.9 Å². The molecule has 0 spiro atoms. The van der Waals surface area contributed by atoms with E-state index in [9.17, 15) is 4.79 Å². The molecule has 0 amide bonds. The third-order valence-corrected chi connectivity index (χ3v) is 3.11. The van der Waals surface area contributed by atoms with E-state index >= 15 is 0 Å². The summed E-state index contributed by atoms with van der Waals surface area (Å²) in [6.07, 6.45) is 2.05. The summed E-state index contributed by atoms with van der Waals surface area (Å²) in [5.74, 6) is 0. The Morgan fingerprint density at radius 1 is 1.32 bits per heavy atom. The summed E-state index contributed by atoms with van der Waals surface area (Å²) in [6, 6.07) is 1.95. The minimum atomic E-state index is -0.0391. The van der Waals surface area contributed by atoms with Crippen LogP contribution in [-0.4, -0.2) is 16.3 Å². The van der Waals surface area contributed by atoms with E-state index in [4.69, 9.17) is 0 Å². The second-order valence-corrected chi connectivity index (χ2v) is 5.97.